The smallest absolute Gasteiger partial charge is 0.309 e. The summed E-state index contributed by atoms with van der Waals surface area (Å²) in [6.45, 7) is 3.24. The second kappa shape index (κ2) is 7.33. The van der Waals surface area contributed by atoms with Crippen molar-refractivity contribution in [3.05, 3.63) is 29.6 Å². The number of sulfonamides is 1. The average Bonchev–Trinajstić information content (AvgIpc) is 2.51. The van der Waals surface area contributed by atoms with E-state index in [1.165, 1.54) is 7.11 Å². The van der Waals surface area contributed by atoms with E-state index in [2.05, 4.69) is 4.74 Å². The first-order chi connectivity index (χ1) is 10.3. The number of esters is 1. The second-order valence-corrected chi connectivity index (χ2v) is 6.57. The Morgan fingerprint density at radius 3 is 2.64 bits per heavy atom. The van der Waals surface area contributed by atoms with Crippen LogP contribution in [0.1, 0.15) is 19.4 Å². The maximum atomic E-state index is 13.3. The molecule has 1 aromatic carbocycles. The van der Waals surface area contributed by atoms with Crippen molar-refractivity contribution < 1.29 is 22.3 Å². The van der Waals surface area contributed by atoms with Gasteiger partial charge in [-0.2, -0.15) is 9.57 Å². The topological polar surface area (TPSA) is 87.5 Å². The lowest BCUT2D eigenvalue weighted by molar-refractivity contribution is -0.145. The van der Waals surface area contributed by atoms with Gasteiger partial charge in [0.15, 0.2) is 0 Å². The maximum Gasteiger partial charge on any atom is 0.309 e. The van der Waals surface area contributed by atoms with Crippen LogP contribution in [-0.4, -0.2) is 38.9 Å². The summed E-state index contributed by atoms with van der Waals surface area (Å²) in [4.78, 5) is 11.2. The fourth-order valence-corrected chi connectivity index (χ4v) is 3.44. The van der Waals surface area contributed by atoms with Gasteiger partial charge in [-0.25, -0.2) is 12.8 Å². The SMILES string of the molecule is CCN(CC(C)C(=O)OC)S(=O)(=O)c1ccc(F)c(C#N)c1. The molecule has 0 amide bonds. The number of ether oxygens (including phenoxy) is 1. The van der Waals surface area contributed by atoms with Crippen LogP contribution in [0.25, 0.3) is 0 Å². The molecule has 8 heteroatoms. The van der Waals surface area contributed by atoms with E-state index in [0.717, 1.165) is 22.5 Å². The van der Waals surface area contributed by atoms with E-state index in [1.54, 1.807) is 19.9 Å². The molecule has 0 radical (unpaired) electrons. The standard InChI is InChI=1S/C14H17FN2O4S/c1-4-17(9-10(2)14(18)21-3)22(19,20)12-5-6-13(15)11(7-12)8-16/h5-7,10H,4,9H2,1-3H3. The fourth-order valence-electron chi connectivity index (χ4n) is 1.88. The van der Waals surface area contributed by atoms with E-state index in [1.807, 2.05) is 0 Å². The third-order valence-electron chi connectivity index (χ3n) is 3.13. The maximum absolute atomic E-state index is 13.3. The largest absolute Gasteiger partial charge is 0.469 e. The molecule has 1 atom stereocenters. The van der Waals surface area contributed by atoms with Crippen LogP contribution in [0.2, 0.25) is 0 Å². The highest BCUT2D eigenvalue weighted by atomic mass is 32.2. The number of methoxy groups -OCH3 is 1. The summed E-state index contributed by atoms with van der Waals surface area (Å²) in [5.74, 6) is -1.95. The summed E-state index contributed by atoms with van der Waals surface area (Å²) in [5, 5.41) is 8.79. The van der Waals surface area contributed by atoms with Gasteiger partial charge in [-0.1, -0.05) is 13.8 Å². The average molecular weight is 328 g/mol. The fraction of sp³-hybridized carbons (Fsp3) is 0.429. The summed E-state index contributed by atoms with van der Waals surface area (Å²) in [6.07, 6.45) is 0. The van der Waals surface area contributed by atoms with Crippen LogP contribution in [0.15, 0.2) is 23.1 Å². The molecule has 0 heterocycles. The lowest BCUT2D eigenvalue weighted by Gasteiger charge is -2.23. The Kier molecular flexibility index (Phi) is 6.02. The van der Waals surface area contributed by atoms with Crippen LogP contribution in [0.5, 0.6) is 0 Å². The van der Waals surface area contributed by atoms with Crippen LogP contribution in [0.3, 0.4) is 0 Å². The molecule has 1 rings (SSSR count). The highest BCUT2D eigenvalue weighted by molar-refractivity contribution is 7.89. The molecule has 1 aromatic rings. The van der Waals surface area contributed by atoms with Crippen molar-refractivity contribution >= 4 is 16.0 Å². The molecule has 0 bridgehead atoms. The van der Waals surface area contributed by atoms with E-state index >= 15 is 0 Å². The van der Waals surface area contributed by atoms with E-state index in [9.17, 15) is 17.6 Å². The first-order valence-electron chi connectivity index (χ1n) is 6.55. The molecule has 0 aliphatic rings. The summed E-state index contributed by atoms with van der Waals surface area (Å²) in [7, 11) is -2.70. The van der Waals surface area contributed by atoms with Gasteiger partial charge in [0, 0.05) is 13.1 Å². The minimum atomic E-state index is -3.93. The molecular formula is C14H17FN2O4S. The van der Waals surface area contributed by atoms with Crippen LogP contribution < -0.4 is 0 Å². The van der Waals surface area contributed by atoms with Crippen LogP contribution in [0, 0.1) is 23.1 Å². The molecule has 0 saturated carbocycles. The Labute approximate surface area is 129 Å². The van der Waals surface area contributed by atoms with E-state index < -0.39 is 27.7 Å². The number of hydrogen-bond donors (Lipinski definition) is 0. The summed E-state index contributed by atoms with van der Waals surface area (Å²) in [6, 6.07) is 4.61. The van der Waals surface area contributed by atoms with Crippen molar-refractivity contribution in [2.45, 2.75) is 18.7 Å². The Balaban J connectivity index is 3.15. The number of rotatable bonds is 6. The van der Waals surface area contributed by atoms with Crippen molar-refractivity contribution in [1.29, 1.82) is 5.26 Å². The van der Waals surface area contributed by atoms with Crippen LogP contribution >= 0.6 is 0 Å². The zero-order valence-corrected chi connectivity index (χ0v) is 13.4. The predicted octanol–water partition coefficient (Wildman–Crippen LogP) is 1.52. The number of nitriles is 1. The van der Waals surface area contributed by atoms with E-state index in [4.69, 9.17) is 5.26 Å². The van der Waals surface area contributed by atoms with Crippen molar-refractivity contribution in [2.75, 3.05) is 20.2 Å². The summed E-state index contributed by atoms with van der Waals surface area (Å²) >= 11 is 0. The number of carbonyl (C=O) groups excluding carboxylic acids is 1. The zero-order valence-electron chi connectivity index (χ0n) is 12.5. The van der Waals surface area contributed by atoms with Crippen molar-refractivity contribution in [2.24, 2.45) is 5.92 Å². The molecular weight excluding hydrogens is 311 g/mol. The van der Waals surface area contributed by atoms with Crippen molar-refractivity contribution in [3.63, 3.8) is 0 Å². The molecule has 0 saturated heterocycles. The normalized spacial score (nSPS) is 12.7. The quantitative estimate of drug-likeness (QED) is 0.739. The molecule has 0 spiro atoms. The van der Waals surface area contributed by atoms with Gasteiger partial charge in [0.2, 0.25) is 10.0 Å². The van der Waals surface area contributed by atoms with Crippen molar-refractivity contribution in [1.82, 2.24) is 4.31 Å². The Morgan fingerprint density at radius 2 is 2.14 bits per heavy atom. The number of halogens is 1. The van der Waals surface area contributed by atoms with E-state index in [-0.39, 0.29) is 23.5 Å². The molecule has 1 unspecified atom stereocenters. The van der Waals surface area contributed by atoms with Gasteiger partial charge in [0.05, 0.1) is 23.5 Å². The highest BCUT2D eigenvalue weighted by Crippen LogP contribution is 2.20. The molecule has 0 N–H and O–H groups in total. The van der Waals surface area contributed by atoms with Gasteiger partial charge in [-0.3, -0.25) is 4.79 Å². The Bertz CT molecular complexity index is 697. The molecule has 22 heavy (non-hydrogen) atoms. The second-order valence-electron chi connectivity index (χ2n) is 4.63. The minimum absolute atomic E-state index is 0.0647. The lowest BCUT2D eigenvalue weighted by Crippen LogP contribution is -2.37. The van der Waals surface area contributed by atoms with Gasteiger partial charge in [-0.05, 0) is 18.2 Å². The van der Waals surface area contributed by atoms with Crippen LogP contribution in [-0.2, 0) is 19.6 Å². The Hall–Kier alpha value is -1.98. The van der Waals surface area contributed by atoms with E-state index in [0.29, 0.717) is 0 Å². The third-order valence-corrected chi connectivity index (χ3v) is 5.07. The summed E-state index contributed by atoms with van der Waals surface area (Å²) < 4.78 is 44.0. The molecule has 6 nitrogen and oxygen atoms in total. The Morgan fingerprint density at radius 1 is 1.50 bits per heavy atom. The molecule has 0 aliphatic heterocycles. The number of hydrogen-bond acceptors (Lipinski definition) is 5. The van der Waals surface area contributed by atoms with Gasteiger partial charge >= 0.3 is 5.97 Å². The monoisotopic (exact) mass is 328 g/mol. The molecule has 0 aliphatic carbocycles. The number of benzene rings is 1. The van der Waals surface area contributed by atoms with Crippen molar-refractivity contribution in [3.8, 4) is 6.07 Å². The van der Waals surface area contributed by atoms with Gasteiger partial charge < -0.3 is 4.74 Å². The highest BCUT2D eigenvalue weighted by Gasteiger charge is 2.28. The predicted molar refractivity (Wildman–Crippen MR) is 76.7 cm³/mol. The van der Waals surface area contributed by atoms with Gasteiger partial charge in [0.25, 0.3) is 0 Å². The summed E-state index contributed by atoms with van der Waals surface area (Å²) in [5.41, 5.74) is -0.349. The third kappa shape index (κ3) is 3.81. The first kappa shape index (κ1) is 18.1. The molecule has 0 aromatic heterocycles. The minimum Gasteiger partial charge on any atom is -0.469 e. The lowest BCUT2D eigenvalue weighted by atomic mass is 10.2. The number of carbonyl (C=O) groups is 1. The van der Waals surface area contributed by atoms with Crippen LogP contribution in [0.4, 0.5) is 4.39 Å². The van der Waals surface area contributed by atoms with Gasteiger partial charge in [0.1, 0.15) is 11.9 Å². The molecule has 0 fully saturated rings. The number of nitrogens with zero attached hydrogens (tertiary/aromatic N) is 2. The van der Waals surface area contributed by atoms with Gasteiger partial charge in [-0.15, -0.1) is 0 Å². The molecule has 120 valence electrons. The zero-order chi connectivity index (χ0) is 16.9. The first-order valence-corrected chi connectivity index (χ1v) is 7.99.